The lowest BCUT2D eigenvalue weighted by molar-refractivity contribution is -0.141. The minimum Gasteiger partial charge on any atom is -0.481 e. The second-order valence-electron chi connectivity index (χ2n) is 4.37. The zero-order valence-electron chi connectivity index (χ0n) is 11.4. The monoisotopic (exact) mass is 292 g/mol. The largest absolute Gasteiger partial charge is 0.481 e. The highest BCUT2D eigenvalue weighted by Gasteiger charge is 2.20. The summed E-state index contributed by atoms with van der Waals surface area (Å²) in [4.78, 5) is 25.3. The maximum Gasteiger partial charge on any atom is 0.308 e. The fraction of sp³-hybridized carbons (Fsp3) is 0.357. The van der Waals surface area contributed by atoms with Gasteiger partial charge in [-0.15, -0.1) is 11.8 Å². The number of amides is 1. The first-order valence-electron chi connectivity index (χ1n) is 6.04. The summed E-state index contributed by atoms with van der Waals surface area (Å²) in [5.74, 6) is -1.53. The van der Waals surface area contributed by atoms with Gasteiger partial charge >= 0.3 is 5.97 Å². The Labute approximate surface area is 122 Å². The van der Waals surface area contributed by atoms with Gasteiger partial charge in [0, 0.05) is 18.5 Å². The molecule has 0 radical (unpaired) electrons. The molecule has 1 atom stereocenters. The van der Waals surface area contributed by atoms with Crippen LogP contribution >= 0.6 is 11.8 Å². The first kappa shape index (κ1) is 16.1. The summed E-state index contributed by atoms with van der Waals surface area (Å²) in [7, 11) is 1.58. The van der Waals surface area contributed by atoms with E-state index in [4.69, 9.17) is 10.4 Å². The number of nitrogens with zero attached hydrogens (tertiary/aromatic N) is 2. The number of carbonyl (C=O) groups is 2. The molecule has 1 unspecified atom stereocenters. The lowest BCUT2D eigenvalue weighted by atomic mass is 10.1. The van der Waals surface area contributed by atoms with E-state index in [1.165, 1.54) is 16.7 Å². The van der Waals surface area contributed by atoms with Gasteiger partial charge in [0.2, 0.25) is 0 Å². The fourth-order valence-electron chi connectivity index (χ4n) is 1.66. The van der Waals surface area contributed by atoms with Gasteiger partial charge in [-0.3, -0.25) is 9.59 Å². The molecule has 0 bridgehead atoms. The maximum absolute atomic E-state index is 12.3. The third-order valence-electron chi connectivity index (χ3n) is 2.73. The normalized spacial score (nSPS) is 11.4. The minimum atomic E-state index is -0.934. The standard InChI is InChI=1S/C14H16N2O3S/c1-10(14(18)19)9-16(2)13(17)11-5-3-4-6-12(11)20-8-7-15/h3-6,10H,8-9H2,1-2H3,(H,18,19). The van der Waals surface area contributed by atoms with E-state index in [9.17, 15) is 9.59 Å². The number of thioether (sulfide) groups is 1. The number of benzene rings is 1. The van der Waals surface area contributed by atoms with Gasteiger partial charge in [-0.2, -0.15) is 5.26 Å². The van der Waals surface area contributed by atoms with Crippen molar-refractivity contribution < 1.29 is 14.7 Å². The molecule has 6 heteroatoms. The number of hydrogen-bond acceptors (Lipinski definition) is 4. The quantitative estimate of drug-likeness (QED) is 0.812. The van der Waals surface area contributed by atoms with Gasteiger partial charge in [0.1, 0.15) is 0 Å². The SMILES string of the molecule is CC(CN(C)C(=O)c1ccccc1SCC#N)C(=O)O. The average molecular weight is 292 g/mol. The Bertz CT molecular complexity index is 539. The summed E-state index contributed by atoms with van der Waals surface area (Å²) >= 11 is 1.29. The molecule has 1 aromatic rings. The van der Waals surface area contributed by atoms with Crippen molar-refractivity contribution in [3.8, 4) is 6.07 Å². The first-order chi connectivity index (χ1) is 9.47. The smallest absolute Gasteiger partial charge is 0.308 e. The van der Waals surface area contributed by atoms with Crippen LogP contribution in [0, 0.1) is 17.2 Å². The molecule has 1 rings (SSSR count). The van der Waals surface area contributed by atoms with Gasteiger partial charge in [-0.05, 0) is 12.1 Å². The van der Waals surface area contributed by atoms with Crippen LogP contribution < -0.4 is 0 Å². The van der Waals surface area contributed by atoms with Crippen LogP contribution in [0.5, 0.6) is 0 Å². The molecule has 0 heterocycles. The molecule has 1 aromatic carbocycles. The van der Waals surface area contributed by atoms with Crippen LogP contribution in [0.4, 0.5) is 0 Å². The lowest BCUT2D eigenvalue weighted by Gasteiger charge is -2.20. The summed E-state index contributed by atoms with van der Waals surface area (Å²) in [6.07, 6.45) is 0. The molecule has 5 nitrogen and oxygen atoms in total. The van der Waals surface area contributed by atoms with Gasteiger partial charge in [-0.25, -0.2) is 0 Å². The van der Waals surface area contributed by atoms with Crippen molar-refractivity contribution >= 4 is 23.6 Å². The molecule has 0 aliphatic carbocycles. The highest BCUT2D eigenvalue weighted by Crippen LogP contribution is 2.23. The average Bonchev–Trinajstić information content (AvgIpc) is 2.44. The van der Waals surface area contributed by atoms with Crippen molar-refractivity contribution in [2.45, 2.75) is 11.8 Å². The zero-order chi connectivity index (χ0) is 15.1. The van der Waals surface area contributed by atoms with Crippen molar-refractivity contribution in [3.63, 3.8) is 0 Å². The Morgan fingerprint density at radius 2 is 2.10 bits per heavy atom. The number of aliphatic carboxylic acids is 1. The van der Waals surface area contributed by atoms with E-state index in [1.807, 2.05) is 6.07 Å². The van der Waals surface area contributed by atoms with E-state index in [0.717, 1.165) is 4.90 Å². The summed E-state index contributed by atoms with van der Waals surface area (Å²) in [5.41, 5.74) is 0.493. The van der Waals surface area contributed by atoms with Gasteiger partial charge < -0.3 is 10.0 Å². The number of hydrogen-bond donors (Lipinski definition) is 1. The van der Waals surface area contributed by atoms with Crippen LogP contribution in [-0.2, 0) is 4.79 Å². The molecule has 20 heavy (non-hydrogen) atoms. The number of nitriles is 1. The molecule has 0 aliphatic rings. The highest BCUT2D eigenvalue weighted by atomic mass is 32.2. The minimum absolute atomic E-state index is 0.144. The Morgan fingerprint density at radius 1 is 1.45 bits per heavy atom. The van der Waals surface area contributed by atoms with E-state index < -0.39 is 11.9 Å². The Kier molecular flexibility index (Phi) is 6.07. The Balaban J connectivity index is 2.86. The molecular weight excluding hydrogens is 276 g/mol. The second kappa shape index (κ2) is 7.56. The van der Waals surface area contributed by atoms with Gasteiger partial charge in [0.05, 0.1) is 23.3 Å². The predicted molar refractivity (Wildman–Crippen MR) is 76.5 cm³/mol. The van der Waals surface area contributed by atoms with Gasteiger partial charge in [0.25, 0.3) is 5.91 Å². The summed E-state index contributed by atoms with van der Waals surface area (Å²) in [5, 5.41) is 17.5. The molecule has 0 aliphatic heterocycles. The number of carboxylic acids is 1. The van der Waals surface area contributed by atoms with Gasteiger partial charge in [-0.1, -0.05) is 19.1 Å². The van der Waals surface area contributed by atoms with E-state index in [-0.39, 0.29) is 18.2 Å². The van der Waals surface area contributed by atoms with Crippen LogP contribution in [0.25, 0.3) is 0 Å². The van der Waals surface area contributed by atoms with E-state index >= 15 is 0 Å². The third-order valence-corrected chi connectivity index (χ3v) is 3.67. The number of carboxylic acid groups (broad SMARTS) is 1. The van der Waals surface area contributed by atoms with E-state index in [0.29, 0.717) is 5.56 Å². The predicted octanol–water partition coefficient (Wildman–Crippen LogP) is 2.09. The van der Waals surface area contributed by atoms with Crippen LogP contribution in [-0.4, -0.2) is 41.2 Å². The summed E-state index contributed by atoms with van der Waals surface area (Å²) < 4.78 is 0. The maximum atomic E-state index is 12.3. The number of rotatable bonds is 6. The summed E-state index contributed by atoms with van der Waals surface area (Å²) in [6.45, 7) is 1.70. The number of carbonyl (C=O) groups excluding carboxylic acids is 1. The van der Waals surface area contributed by atoms with Crippen molar-refractivity contribution in [2.75, 3.05) is 19.3 Å². The van der Waals surface area contributed by atoms with Crippen molar-refractivity contribution in [3.05, 3.63) is 29.8 Å². The zero-order valence-corrected chi connectivity index (χ0v) is 12.2. The molecule has 1 N–H and O–H groups in total. The molecule has 0 spiro atoms. The van der Waals surface area contributed by atoms with Crippen LogP contribution in [0.1, 0.15) is 17.3 Å². The van der Waals surface area contributed by atoms with Gasteiger partial charge in [0.15, 0.2) is 0 Å². The third kappa shape index (κ3) is 4.28. The Morgan fingerprint density at radius 3 is 2.70 bits per heavy atom. The molecule has 1 amide bonds. The molecule has 106 valence electrons. The molecule has 0 aromatic heterocycles. The molecule has 0 saturated heterocycles. The lowest BCUT2D eigenvalue weighted by Crippen LogP contribution is -2.33. The highest BCUT2D eigenvalue weighted by molar-refractivity contribution is 7.99. The summed E-state index contributed by atoms with van der Waals surface area (Å²) in [6, 6.07) is 9.04. The Hall–Kier alpha value is -2.00. The van der Waals surface area contributed by atoms with E-state index in [2.05, 4.69) is 0 Å². The fourth-order valence-corrected chi connectivity index (χ4v) is 2.36. The second-order valence-corrected chi connectivity index (χ2v) is 5.39. The first-order valence-corrected chi connectivity index (χ1v) is 7.03. The van der Waals surface area contributed by atoms with Crippen molar-refractivity contribution in [2.24, 2.45) is 5.92 Å². The van der Waals surface area contributed by atoms with E-state index in [1.54, 1.807) is 38.2 Å². The van der Waals surface area contributed by atoms with Crippen LogP contribution in [0.15, 0.2) is 29.2 Å². The molecule has 0 saturated carbocycles. The van der Waals surface area contributed by atoms with Crippen LogP contribution in [0.2, 0.25) is 0 Å². The topological polar surface area (TPSA) is 81.4 Å². The van der Waals surface area contributed by atoms with Crippen molar-refractivity contribution in [1.82, 2.24) is 4.90 Å². The van der Waals surface area contributed by atoms with Crippen molar-refractivity contribution in [1.29, 1.82) is 5.26 Å². The molecule has 0 fully saturated rings. The molecular formula is C14H16N2O3S. The van der Waals surface area contributed by atoms with Crippen LogP contribution in [0.3, 0.4) is 0 Å².